The summed E-state index contributed by atoms with van der Waals surface area (Å²) in [6, 6.07) is 0. The molecule has 1 rings (SSSR count). The highest BCUT2D eigenvalue weighted by molar-refractivity contribution is 5.96. The summed E-state index contributed by atoms with van der Waals surface area (Å²) in [6.07, 6.45) is 9.32. The van der Waals surface area contributed by atoms with Crippen LogP contribution in [0, 0.1) is 0 Å². The van der Waals surface area contributed by atoms with E-state index in [4.69, 9.17) is 4.74 Å². The maximum atomic E-state index is 12.1. The summed E-state index contributed by atoms with van der Waals surface area (Å²) in [5.74, 6) is 0.704. The Morgan fingerprint density at radius 1 is 1.28 bits per heavy atom. The van der Waals surface area contributed by atoms with Gasteiger partial charge in [0.15, 0.2) is 11.5 Å². The summed E-state index contributed by atoms with van der Waals surface area (Å²) < 4.78 is 6.74. The molecule has 1 aromatic rings. The van der Waals surface area contributed by atoms with E-state index in [2.05, 4.69) is 12.0 Å². The number of nitrogens with zero attached hydrogens (tertiary/aromatic N) is 2. The van der Waals surface area contributed by atoms with Crippen LogP contribution in [0.5, 0.6) is 5.75 Å². The average molecular weight is 252 g/mol. The fourth-order valence-electron chi connectivity index (χ4n) is 2.07. The Labute approximate surface area is 109 Å². The molecule has 0 saturated heterocycles. The van der Waals surface area contributed by atoms with Crippen LogP contribution >= 0.6 is 0 Å². The molecule has 1 heterocycles. The van der Waals surface area contributed by atoms with Crippen LogP contribution in [0.1, 0.15) is 62.4 Å². The zero-order valence-corrected chi connectivity index (χ0v) is 11.7. The molecule has 0 amide bonds. The number of ether oxygens (including phenoxy) is 1. The third kappa shape index (κ3) is 4.17. The maximum absolute atomic E-state index is 12.1. The van der Waals surface area contributed by atoms with Crippen molar-refractivity contribution < 1.29 is 9.53 Å². The topological polar surface area (TPSA) is 44.1 Å². The van der Waals surface area contributed by atoms with E-state index < -0.39 is 0 Å². The van der Waals surface area contributed by atoms with Crippen molar-refractivity contribution >= 4 is 5.78 Å². The number of aryl methyl sites for hydroxylation is 1. The Morgan fingerprint density at radius 3 is 2.61 bits per heavy atom. The zero-order valence-electron chi connectivity index (χ0n) is 11.7. The lowest BCUT2D eigenvalue weighted by molar-refractivity contribution is 0.0967. The van der Waals surface area contributed by atoms with E-state index in [-0.39, 0.29) is 5.78 Å². The lowest BCUT2D eigenvalue weighted by atomic mass is 10.1. The van der Waals surface area contributed by atoms with Crippen molar-refractivity contribution in [2.75, 3.05) is 7.11 Å². The minimum Gasteiger partial charge on any atom is -0.493 e. The van der Waals surface area contributed by atoms with Gasteiger partial charge in [-0.15, -0.1) is 0 Å². The average Bonchev–Trinajstić information content (AvgIpc) is 2.74. The highest BCUT2D eigenvalue weighted by atomic mass is 16.5. The maximum Gasteiger partial charge on any atom is 0.184 e. The van der Waals surface area contributed by atoms with Crippen LogP contribution in [0.25, 0.3) is 0 Å². The van der Waals surface area contributed by atoms with Crippen LogP contribution in [0.15, 0.2) is 6.20 Å². The Bertz CT molecular complexity index is 372. The molecule has 0 aliphatic rings. The second kappa shape index (κ2) is 7.90. The normalized spacial score (nSPS) is 10.6. The molecule has 0 bridgehead atoms. The lowest BCUT2D eigenvalue weighted by Crippen LogP contribution is -2.08. The molecule has 102 valence electrons. The van der Waals surface area contributed by atoms with E-state index in [0.717, 1.165) is 12.8 Å². The molecule has 4 nitrogen and oxygen atoms in total. The Hall–Kier alpha value is -1.32. The van der Waals surface area contributed by atoms with Gasteiger partial charge in [-0.1, -0.05) is 39.0 Å². The Balaban J connectivity index is 2.34. The summed E-state index contributed by atoms with van der Waals surface area (Å²) in [7, 11) is 3.34. The third-order valence-corrected chi connectivity index (χ3v) is 3.15. The van der Waals surface area contributed by atoms with Gasteiger partial charge in [0.2, 0.25) is 0 Å². The summed E-state index contributed by atoms with van der Waals surface area (Å²) in [4.78, 5) is 12.1. The van der Waals surface area contributed by atoms with E-state index in [1.807, 2.05) is 0 Å². The smallest absolute Gasteiger partial charge is 0.184 e. The number of carbonyl (C=O) groups is 1. The quantitative estimate of drug-likeness (QED) is 0.500. The standard InChI is InChI=1S/C14H24N2O2/c1-4-5-6-7-8-9-10-12(17)14-13(18-3)11-15-16(14)2/h11H,4-10H2,1-3H3. The minimum absolute atomic E-state index is 0.127. The number of unbranched alkanes of at least 4 members (excludes halogenated alkanes) is 5. The molecule has 0 aliphatic heterocycles. The first-order chi connectivity index (χ1) is 8.70. The van der Waals surface area contributed by atoms with Crippen LogP contribution in [0.3, 0.4) is 0 Å². The molecule has 0 atom stereocenters. The van der Waals surface area contributed by atoms with Gasteiger partial charge in [0, 0.05) is 13.5 Å². The number of carbonyl (C=O) groups excluding carboxylic acids is 1. The van der Waals surface area contributed by atoms with Gasteiger partial charge in [-0.3, -0.25) is 9.48 Å². The van der Waals surface area contributed by atoms with Gasteiger partial charge in [-0.05, 0) is 6.42 Å². The number of hydrogen-bond acceptors (Lipinski definition) is 3. The van der Waals surface area contributed by atoms with Crippen molar-refractivity contribution in [1.29, 1.82) is 0 Å². The second-order valence-electron chi connectivity index (χ2n) is 4.63. The molecule has 0 spiro atoms. The van der Waals surface area contributed by atoms with Gasteiger partial charge < -0.3 is 4.74 Å². The van der Waals surface area contributed by atoms with E-state index in [1.54, 1.807) is 25.0 Å². The first-order valence-electron chi connectivity index (χ1n) is 6.79. The van der Waals surface area contributed by atoms with Gasteiger partial charge >= 0.3 is 0 Å². The van der Waals surface area contributed by atoms with E-state index >= 15 is 0 Å². The van der Waals surface area contributed by atoms with Gasteiger partial charge in [-0.2, -0.15) is 5.10 Å². The number of rotatable bonds is 9. The number of methoxy groups -OCH3 is 1. The van der Waals surface area contributed by atoms with Crippen LogP contribution in [0.2, 0.25) is 0 Å². The van der Waals surface area contributed by atoms with Crippen LogP contribution in [-0.4, -0.2) is 22.7 Å². The molecule has 0 saturated carbocycles. The fourth-order valence-corrected chi connectivity index (χ4v) is 2.07. The lowest BCUT2D eigenvalue weighted by Gasteiger charge is -2.04. The Morgan fingerprint density at radius 2 is 1.94 bits per heavy atom. The van der Waals surface area contributed by atoms with Crippen LogP contribution in [0.4, 0.5) is 0 Å². The Kier molecular flexibility index (Phi) is 6.47. The molecule has 0 radical (unpaired) electrons. The van der Waals surface area contributed by atoms with Crippen molar-refractivity contribution in [3.8, 4) is 5.75 Å². The fraction of sp³-hybridized carbons (Fsp3) is 0.714. The molecule has 0 fully saturated rings. The predicted molar refractivity (Wildman–Crippen MR) is 72.1 cm³/mol. The molecule has 18 heavy (non-hydrogen) atoms. The predicted octanol–water partition coefficient (Wildman–Crippen LogP) is 3.36. The monoisotopic (exact) mass is 252 g/mol. The van der Waals surface area contributed by atoms with Crippen molar-refractivity contribution in [2.24, 2.45) is 7.05 Å². The highest BCUT2D eigenvalue weighted by Gasteiger charge is 2.16. The van der Waals surface area contributed by atoms with E-state index in [0.29, 0.717) is 17.9 Å². The summed E-state index contributed by atoms with van der Waals surface area (Å²) >= 11 is 0. The molecule has 0 unspecified atom stereocenters. The van der Waals surface area contributed by atoms with E-state index in [1.165, 1.54) is 25.7 Å². The molecular formula is C14H24N2O2. The third-order valence-electron chi connectivity index (χ3n) is 3.15. The zero-order chi connectivity index (χ0) is 13.4. The summed E-state index contributed by atoms with van der Waals surface area (Å²) in [5, 5.41) is 4.05. The first-order valence-corrected chi connectivity index (χ1v) is 6.79. The summed E-state index contributed by atoms with van der Waals surface area (Å²) in [6.45, 7) is 2.21. The molecular weight excluding hydrogens is 228 g/mol. The molecule has 0 N–H and O–H groups in total. The highest BCUT2D eigenvalue weighted by Crippen LogP contribution is 2.19. The number of Topliss-reactive ketones (excluding diaryl/α,β-unsaturated/α-hetero) is 1. The molecule has 0 aromatic carbocycles. The van der Waals surface area contributed by atoms with Crippen molar-refractivity contribution in [2.45, 2.75) is 51.9 Å². The van der Waals surface area contributed by atoms with Gasteiger partial charge in [0.25, 0.3) is 0 Å². The van der Waals surface area contributed by atoms with Crippen molar-refractivity contribution in [1.82, 2.24) is 9.78 Å². The molecule has 0 aliphatic carbocycles. The molecule has 4 heteroatoms. The summed E-state index contributed by atoms with van der Waals surface area (Å²) in [5.41, 5.74) is 0.589. The number of aromatic nitrogens is 2. The van der Waals surface area contributed by atoms with E-state index in [9.17, 15) is 4.79 Å². The second-order valence-corrected chi connectivity index (χ2v) is 4.63. The van der Waals surface area contributed by atoms with Crippen molar-refractivity contribution in [3.05, 3.63) is 11.9 Å². The van der Waals surface area contributed by atoms with Crippen molar-refractivity contribution in [3.63, 3.8) is 0 Å². The van der Waals surface area contributed by atoms with Crippen LogP contribution < -0.4 is 4.74 Å². The minimum atomic E-state index is 0.127. The van der Waals surface area contributed by atoms with Crippen LogP contribution in [-0.2, 0) is 7.05 Å². The van der Waals surface area contributed by atoms with Gasteiger partial charge in [-0.25, -0.2) is 0 Å². The molecule has 1 aromatic heterocycles. The van der Waals surface area contributed by atoms with Gasteiger partial charge in [0.1, 0.15) is 5.69 Å². The SMILES string of the molecule is CCCCCCCCC(=O)c1c(OC)cnn1C. The number of hydrogen-bond donors (Lipinski definition) is 0. The largest absolute Gasteiger partial charge is 0.493 e. The van der Waals surface area contributed by atoms with Gasteiger partial charge in [0.05, 0.1) is 13.3 Å². The number of ketones is 1. The first kappa shape index (κ1) is 14.7.